The maximum absolute atomic E-state index is 11.8. The molecule has 17 heavy (non-hydrogen) atoms. The van der Waals surface area contributed by atoms with E-state index in [9.17, 15) is 4.79 Å². The van der Waals surface area contributed by atoms with Crippen LogP contribution in [0, 0.1) is 0 Å². The fourth-order valence-electron chi connectivity index (χ4n) is 1.48. The molecule has 0 unspecified atom stereocenters. The van der Waals surface area contributed by atoms with Crippen LogP contribution < -0.4 is 5.32 Å². The summed E-state index contributed by atoms with van der Waals surface area (Å²) in [4.78, 5) is 15.7. The number of aryl methyl sites for hydroxylation is 1. The van der Waals surface area contributed by atoms with Crippen LogP contribution in [0.3, 0.4) is 0 Å². The van der Waals surface area contributed by atoms with Crippen LogP contribution in [-0.2, 0) is 13.6 Å². The minimum Gasteiger partial charge on any atom is -0.347 e. The number of carbonyl (C=O) groups excluding carboxylic acids is 1. The molecule has 5 heteroatoms. The van der Waals surface area contributed by atoms with Crippen LogP contribution in [0.15, 0.2) is 41.3 Å². The molecule has 0 fully saturated rings. The first-order valence-corrected chi connectivity index (χ1v) is 5.95. The van der Waals surface area contributed by atoms with E-state index in [4.69, 9.17) is 0 Å². The van der Waals surface area contributed by atoms with E-state index in [1.54, 1.807) is 24.1 Å². The first-order chi connectivity index (χ1) is 8.18. The summed E-state index contributed by atoms with van der Waals surface area (Å²) in [6.45, 7) is 0.492. The molecule has 0 saturated carbocycles. The van der Waals surface area contributed by atoms with Gasteiger partial charge in [0.05, 0.1) is 12.5 Å². The highest BCUT2D eigenvalue weighted by atomic mass is 79.9. The molecular weight excluding hydrogens is 282 g/mol. The van der Waals surface area contributed by atoms with Crippen molar-refractivity contribution in [2.24, 2.45) is 7.05 Å². The van der Waals surface area contributed by atoms with Gasteiger partial charge in [0.25, 0.3) is 5.91 Å². The number of amides is 1. The summed E-state index contributed by atoms with van der Waals surface area (Å²) in [5.74, 6) is -0.124. The SMILES string of the molecule is Cn1cncc1C(=O)NCc1ccccc1Br. The molecule has 0 atom stereocenters. The van der Waals surface area contributed by atoms with Crippen molar-refractivity contribution in [2.45, 2.75) is 6.54 Å². The van der Waals surface area contributed by atoms with Crippen molar-refractivity contribution < 1.29 is 4.79 Å². The fourth-order valence-corrected chi connectivity index (χ4v) is 1.91. The highest BCUT2D eigenvalue weighted by molar-refractivity contribution is 9.10. The molecule has 1 amide bonds. The van der Waals surface area contributed by atoms with Crippen LogP contribution in [0.4, 0.5) is 0 Å². The molecule has 0 spiro atoms. The molecule has 2 aromatic rings. The van der Waals surface area contributed by atoms with E-state index in [1.165, 1.54) is 0 Å². The topological polar surface area (TPSA) is 46.9 Å². The average Bonchev–Trinajstić information content (AvgIpc) is 2.74. The standard InChI is InChI=1S/C12H12BrN3O/c1-16-8-14-7-11(16)12(17)15-6-9-4-2-3-5-10(9)13/h2-5,7-8H,6H2,1H3,(H,15,17). The average molecular weight is 294 g/mol. The lowest BCUT2D eigenvalue weighted by Crippen LogP contribution is -2.24. The third kappa shape index (κ3) is 2.74. The number of nitrogens with one attached hydrogen (secondary N) is 1. The minimum atomic E-state index is -0.124. The van der Waals surface area contributed by atoms with Crippen molar-refractivity contribution in [1.82, 2.24) is 14.9 Å². The zero-order chi connectivity index (χ0) is 12.3. The van der Waals surface area contributed by atoms with Gasteiger partial charge in [-0.3, -0.25) is 4.79 Å². The minimum absolute atomic E-state index is 0.124. The van der Waals surface area contributed by atoms with Crippen molar-refractivity contribution in [3.05, 3.63) is 52.5 Å². The largest absolute Gasteiger partial charge is 0.347 e. The highest BCUT2D eigenvalue weighted by Gasteiger charge is 2.09. The lowest BCUT2D eigenvalue weighted by molar-refractivity contribution is 0.0942. The zero-order valence-electron chi connectivity index (χ0n) is 9.35. The predicted octanol–water partition coefficient (Wildman–Crippen LogP) is 2.11. The number of halogens is 1. The molecule has 0 aliphatic heterocycles. The molecule has 88 valence electrons. The van der Waals surface area contributed by atoms with Gasteiger partial charge < -0.3 is 9.88 Å². The predicted molar refractivity (Wildman–Crippen MR) is 68.5 cm³/mol. The zero-order valence-corrected chi connectivity index (χ0v) is 10.9. The summed E-state index contributed by atoms with van der Waals surface area (Å²) >= 11 is 3.44. The second kappa shape index (κ2) is 5.14. The lowest BCUT2D eigenvalue weighted by Gasteiger charge is -2.07. The van der Waals surface area contributed by atoms with Crippen LogP contribution in [0.25, 0.3) is 0 Å². The van der Waals surface area contributed by atoms with E-state index >= 15 is 0 Å². The van der Waals surface area contributed by atoms with E-state index in [-0.39, 0.29) is 5.91 Å². The molecule has 4 nitrogen and oxygen atoms in total. The first kappa shape index (κ1) is 11.9. The van der Waals surface area contributed by atoms with Crippen molar-refractivity contribution in [2.75, 3.05) is 0 Å². The monoisotopic (exact) mass is 293 g/mol. The van der Waals surface area contributed by atoms with Gasteiger partial charge in [0.15, 0.2) is 0 Å². The summed E-state index contributed by atoms with van der Waals surface area (Å²) in [5.41, 5.74) is 1.60. The molecular formula is C12H12BrN3O. The number of aromatic nitrogens is 2. The summed E-state index contributed by atoms with van der Waals surface area (Å²) < 4.78 is 2.68. The van der Waals surface area contributed by atoms with Gasteiger partial charge in [0.1, 0.15) is 5.69 Å². The van der Waals surface area contributed by atoms with Crippen molar-refractivity contribution >= 4 is 21.8 Å². The number of nitrogens with zero attached hydrogens (tertiary/aromatic N) is 2. The highest BCUT2D eigenvalue weighted by Crippen LogP contribution is 2.15. The molecule has 2 rings (SSSR count). The number of rotatable bonds is 3. The number of imidazole rings is 1. The Morgan fingerprint density at radius 3 is 2.88 bits per heavy atom. The maximum Gasteiger partial charge on any atom is 0.269 e. The maximum atomic E-state index is 11.8. The first-order valence-electron chi connectivity index (χ1n) is 5.16. The van der Waals surface area contributed by atoms with E-state index in [0.717, 1.165) is 10.0 Å². The van der Waals surface area contributed by atoms with E-state index in [2.05, 4.69) is 26.2 Å². The molecule has 0 bridgehead atoms. The Morgan fingerprint density at radius 2 is 2.24 bits per heavy atom. The van der Waals surface area contributed by atoms with Gasteiger partial charge in [-0.25, -0.2) is 4.98 Å². The molecule has 0 saturated heterocycles. The molecule has 0 aliphatic carbocycles. The molecule has 0 aliphatic rings. The number of carbonyl (C=O) groups is 1. The fraction of sp³-hybridized carbons (Fsp3) is 0.167. The van der Waals surface area contributed by atoms with Crippen molar-refractivity contribution in [3.63, 3.8) is 0 Å². The quantitative estimate of drug-likeness (QED) is 0.942. The Hall–Kier alpha value is -1.62. The van der Waals surface area contributed by atoms with Gasteiger partial charge in [-0.1, -0.05) is 34.1 Å². The van der Waals surface area contributed by atoms with Gasteiger partial charge in [0, 0.05) is 18.1 Å². The number of hydrogen-bond acceptors (Lipinski definition) is 2. The Kier molecular flexibility index (Phi) is 3.58. The van der Waals surface area contributed by atoms with Gasteiger partial charge in [-0.2, -0.15) is 0 Å². The van der Waals surface area contributed by atoms with Gasteiger partial charge in [0.2, 0.25) is 0 Å². The summed E-state index contributed by atoms with van der Waals surface area (Å²) in [5, 5.41) is 2.85. The lowest BCUT2D eigenvalue weighted by atomic mass is 10.2. The third-order valence-electron chi connectivity index (χ3n) is 2.45. The van der Waals surface area contributed by atoms with E-state index in [0.29, 0.717) is 12.2 Å². The van der Waals surface area contributed by atoms with Crippen molar-refractivity contribution in [1.29, 1.82) is 0 Å². The second-order valence-corrected chi connectivity index (χ2v) is 4.52. The van der Waals surface area contributed by atoms with Gasteiger partial charge >= 0.3 is 0 Å². The van der Waals surface area contributed by atoms with Crippen LogP contribution in [-0.4, -0.2) is 15.5 Å². The van der Waals surface area contributed by atoms with E-state index < -0.39 is 0 Å². The Bertz CT molecular complexity index is 536. The molecule has 0 radical (unpaired) electrons. The normalized spacial score (nSPS) is 10.2. The Morgan fingerprint density at radius 1 is 1.47 bits per heavy atom. The second-order valence-electron chi connectivity index (χ2n) is 3.66. The van der Waals surface area contributed by atoms with Gasteiger partial charge in [-0.05, 0) is 11.6 Å². The number of hydrogen-bond donors (Lipinski definition) is 1. The van der Waals surface area contributed by atoms with Crippen LogP contribution in [0.1, 0.15) is 16.1 Å². The Labute approximate surface area is 108 Å². The summed E-state index contributed by atoms with van der Waals surface area (Å²) in [7, 11) is 1.79. The summed E-state index contributed by atoms with van der Waals surface area (Å²) in [6.07, 6.45) is 3.16. The molecule has 1 aromatic carbocycles. The third-order valence-corrected chi connectivity index (χ3v) is 3.22. The van der Waals surface area contributed by atoms with Crippen LogP contribution >= 0.6 is 15.9 Å². The summed E-state index contributed by atoms with van der Waals surface area (Å²) in [6, 6.07) is 7.80. The molecule has 1 heterocycles. The van der Waals surface area contributed by atoms with Crippen molar-refractivity contribution in [3.8, 4) is 0 Å². The molecule has 1 N–H and O–H groups in total. The van der Waals surface area contributed by atoms with Crippen LogP contribution in [0.2, 0.25) is 0 Å². The van der Waals surface area contributed by atoms with Gasteiger partial charge in [-0.15, -0.1) is 0 Å². The van der Waals surface area contributed by atoms with Crippen LogP contribution in [0.5, 0.6) is 0 Å². The number of benzene rings is 1. The Balaban J connectivity index is 2.02. The molecule has 1 aromatic heterocycles. The van der Waals surface area contributed by atoms with E-state index in [1.807, 2.05) is 24.3 Å². The smallest absolute Gasteiger partial charge is 0.269 e.